The fourth-order valence-electron chi connectivity index (χ4n) is 0.963. The first-order valence-electron chi connectivity index (χ1n) is 3.42. The summed E-state index contributed by atoms with van der Waals surface area (Å²) in [6.45, 7) is 4.09. The summed E-state index contributed by atoms with van der Waals surface area (Å²) in [5.74, 6) is 0. The summed E-state index contributed by atoms with van der Waals surface area (Å²) in [4.78, 5) is 0. The van der Waals surface area contributed by atoms with Gasteiger partial charge in [0.2, 0.25) is 0 Å². The van der Waals surface area contributed by atoms with Crippen LogP contribution in [0.4, 0.5) is 0 Å². The van der Waals surface area contributed by atoms with Crippen LogP contribution in [-0.4, -0.2) is 23.9 Å². The standard InChI is InChI=1S/C8H12O2/c1-2-5-10-8-4-3-7(9)6-8/h2-4,7-9H,1,5-6H2. The third-order valence-corrected chi connectivity index (χ3v) is 1.45. The van der Waals surface area contributed by atoms with Gasteiger partial charge >= 0.3 is 0 Å². The first kappa shape index (κ1) is 7.51. The van der Waals surface area contributed by atoms with Crippen molar-refractivity contribution in [1.29, 1.82) is 0 Å². The molecule has 0 amide bonds. The van der Waals surface area contributed by atoms with Crippen molar-refractivity contribution in [3.05, 3.63) is 24.8 Å². The number of aliphatic hydroxyl groups is 1. The van der Waals surface area contributed by atoms with Crippen LogP contribution in [0, 0.1) is 0 Å². The van der Waals surface area contributed by atoms with E-state index in [1.165, 1.54) is 0 Å². The molecule has 2 unspecified atom stereocenters. The van der Waals surface area contributed by atoms with Gasteiger partial charge in [0.05, 0.1) is 18.8 Å². The van der Waals surface area contributed by atoms with E-state index in [9.17, 15) is 0 Å². The predicted molar refractivity (Wildman–Crippen MR) is 39.7 cm³/mol. The minimum atomic E-state index is -0.310. The second-order valence-corrected chi connectivity index (χ2v) is 2.35. The lowest BCUT2D eigenvalue weighted by Gasteiger charge is -2.07. The maximum Gasteiger partial charge on any atom is 0.0788 e. The minimum Gasteiger partial charge on any atom is -0.389 e. The summed E-state index contributed by atoms with van der Waals surface area (Å²) in [6.07, 6.45) is 5.82. The molecule has 0 fully saturated rings. The summed E-state index contributed by atoms with van der Waals surface area (Å²) in [5.41, 5.74) is 0. The van der Waals surface area contributed by atoms with E-state index in [0.717, 1.165) is 0 Å². The van der Waals surface area contributed by atoms with Crippen molar-refractivity contribution in [1.82, 2.24) is 0 Å². The fourth-order valence-corrected chi connectivity index (χ4v) is 0.963. The lowest BCUT2D eigenvalue weighted by atomic mass is 10.3. The lowest BCUT2D eigenvalue weighted by molar-refractivity contribution is 0.0827. The third kappa shape index (κ3) is 1.97. The summed E-state index contributed by atoms with van der Waals surface area (Å²) in [6, 6.07) is 0. The van der Waals surface area contributed by atoms with Crippen LogP contribution in [0.3, 0.4) is 0 Å². The predicted octanol–water partition coefficient (Wildman–Crippen LogP) is 0.878. The van der Waals surface area contributed by atoms with E-state index in [1.54, 1.807) is 12.2 Å². The molecule has 0 bridgehead atoms. The molecule has 10 heavy (non-hydrogen) atoms. The molecule has 1 rings (SSSR count). The summed E-state index contributed by atoms with van der Waals surface area (Å²) in [5, 5.41) is 9.01. The van der Waals surface area contributed by atoms with Gasteiger partial charge in [-0.05, 0) is 0 Å². The second kappa shape index (κ2) is 3.54. The van der Waals surface area contributed by atoms with Crippen molar-refractivity contribution in [2.45, 2.75) is 18.6 Å². The second-order valence-electron chi connectivity index (χ2n) is 2.35. The molecule has 1 aliphatic carbocycles. The molecule has 0 saturated heterocycles. The Hall–Kier alpha value is -0.600. The highest BCUT2D eigenvalue weighted by atomic mass is 16.5. The average Bonchev–Trinajstić information content (AvgIpc) is 2.31. The summed E-state index contributed by atoms with van der Waals surface area (Å²) in [7, 11) is 0. The monoisotopic (exact) mass is 140 g/mol. The number of hydrogen-bond acceptors (Lipinski definition) is 2. The van der Waals surface area contributed by atoms with Crippen molar-refractivity contribution in [3.8, 4) is 0 Å². The van der Waals surface area contributed by atoms with E-state index >= 15 is 0 Å². The van der Waals surface area contributed by atoms with Crippen LogP contribution in [0.5, 0.6) is 0 Å². The Kier molecular flexibility index (Phi) is 2.66. The highest BCUT2D eigenvalue weighted by molar-refractivity contribution is 5.03. The normalized spacial score (nSPS) is 30.9. The smallest absolute Gasteiger partial charge is 0.0788 e. The Bertz CT molecular complexity index is 140. The molecular weight excluding hydrogens is 128 g/mol. The van der Waals surface area contributed by atoms with Crippen LogP contribution in [-0.2, 0) is 4.74 Å². The molecule has 2 nitrogen and oxygen atoms in total. The van der Waals surface area contributed by atoms with Gasteiger partial charge in [0.15, 0.2) is 0 Å². The van der Waals surface area contributed by atoms with Gasteiger partial charge in [-0.25, -0.2) is 0 Å². The maximum atomic E-state index is 9.01. The Morgan fingerprint density at radius 2 is 2.50 bits per heavy atom. The van der Waals surface area contributed by atoms with E-state index in [1.807, 2.05) is 6.08 Å². The number of aliphatic hydroxyl groups excluding tert-OH is 1. The first-order valence-corrected chi connectivity index (χ1v) is 3.42. The lowest BCUT2D eigenvalue weighted by Crippen LogP contribution is -2.10. The van der Waals surface area contributed by atoms with Crippen LogP contribution in [0.1, 0.15) is 6.42 Å². The van der Waals surface area contributed by atoms with Crippen molar-refractivity contribution in [2.24, 2.45) is 0 Å². The van der Waals surface area contributed by atoms with Gasteiger partial charge in [0.1, 0.15) is 0 Å². The van der Waals surface area contributed by atoms with E-state index in [4.69, 9.17) is 9.84 Å². The maximum absolute atomic E-state index is 9.01. The Morgan fingerprint density at radius 3 is 3.00 bits per heavy atom. The largest absolute Gasteiger partial charge is 0.389 e. The van der Waals surface area contributed by atoms with Gasteiger partial charge in [-0.3, -0.25) is 0 Å². The minimum absolute atomic E-state index is 0.0907. The Morgan fingerprint density at radius 1 is 1.70 bits per heavy atom. The van der Waals surface area contributed by atoms with Crippen molar-refractivity contribution in [2.75, 3.05) is 6.61 Å². The highest BCUT2D eigenvalue weighted by Crippen LogP contribution is 2.13. The van der Waals surface area contributed by atoms with Crippen LogP contribution in [0.15, 0.2) is 24.8 Å². The quantitative estimate of drug-likeness (QED) is 0.589. The molecule has 0 aromatic rings. The SMILES string of the molecule is C=CCOC1C=CC(O)C1. The number of hydrogen-bond donors (Lipinski definition) is 1. The van der Waals surface area contributed by atoms with Gasteiger partial charge in [0.25, 0.3) is 0 Å². The summed E-state index contributed by atoms with van der Waals surface area (Å²) < 4.78 is 5.26. The van der Waals surface area contributed by atoms with E-state index in [2.05, 4.69) is 6.58 Å². The van der Waals surface area contributed by atoms with Gasteiger partial charge in [-0.15, -0.1) is 6.58 Å². The molecule has 2 atom stereocenters. The molecule has 0 heterocycles. The average molecular weight is 140 g/mol. The number of rotatable bonds is 3. The van der Waals surface area contributed by atoms with E-state index < -0.39 is 0 Å². The number of ether oxygens (including phenoxy) is 1. The molecule has 0 aromatic carbocycles. The van der Waals surface area contributed by atoms with E-state index in [-0.39, 0.29) is 12.2 Å². The van der Waals surface area contributed by atoms with Gasteiger partial charge < -0.3 is 9.84 Å². The molecule has 0 radical (unpaired) electrons. The Labute approximate surface area is 60.8 Å². The van der Waals surface area contributed by atoms with Gasteiger partial charge in [-0.2, -0.15) is 0 Å². The molecule has 0 aromatic heterocycles. The molecule has 0 aliphatic heterocycles. The van der Waals surface area contributed by atoms with E-state index in [0.29, 0.717) is 13.0 Å². The van der Waals surface area contributed by atoms with Crippen molar-refractivity contribution >= 4 is 0 Å². The molecule has 56 valence electrons. The first-order chi connectivity index (χ1) is 4.83. The zero-order valence-corrected chi connectivity index (χ0v) is 5.86. The van der Waals surface area contributed by atoms with Crippen LogP contribution < -0.4 is 0 Å². The molecular formula is C8H12O2. The Balaban J connectivity index is 2.19. The van der Waals surface area contributed by atoms with Gasteiger partial charge in [0, 0.05) is 6.42 Å². The molecule has 1 aliphatic rings. The fraction of sp³-hybridized carbons (Fsp3) is 0.500. The van der Waals surface area contributed by atoms with Crippen LogP contribution in [0.2, 0.25) is 0 Å². The topological polar surface area (TPSA) is 29.5 Å². The molecule has 2 heteroatoms. The molecule has 0 spiro atoms. The molecule has 1 N–H and O–H groups in total. The summed E-state index contributed by atoms with van der Waals surface area (Å²) >= 11 is 0. The van der Waals surface area contributed by atoms with Crippen LogP contribution in [0.25, 0.3) is 0 Å². The van der Waals surface area contributed by atoms with Crippen LogP contribution >= 0.6 is 0 Å². The zero-order chi connectivity index (χ0) is 7.40. The van der Waals surface area contributed by atoms with Crippen molar-refractivity contribution < 1.29 is 9.84 Å². The van der Waals surface area contributed by atoms with Crippen molar-refractivity contribution in [3.63, 3.8) is 0 Å². The molecule has 0 saturated carbocycles. The third-order valence-electron chi connectivity index (χ3n) is 1.45. The zero-order valence-electron chi connectivity index (χ0n) is 5.86. The van der Waals surface area contributed by atoms with Gasteiger partial charge in [-0.1, -0.05) is 18.2 Å². The highest BCUT2D eigenvalue weighted by Gasteiger charge is 2.15.